The molecule has 27 heavy (non-hydrogen) atoms. The molecule has 0 aliphatic carbocycles. The van der Waals surface area contributed by atoms with Crippen molar-refractivity contribution in [3.05, 3.63) is 28.8 Å². The number of halogens is 1. The zero-order chi connectivity index (χ0) is 20.2. The summed E-state index contributed by atoms with van der Waals surface area (Å²) in [6.45, 7) is 8.23. The van der Waals surface area contributed by atoms with Crippen molar-refractivity contribution in [3.8, 4) is 5.75 Å². The van der Waals surface area contributed by atoms with Crippen molar-refractivity contribution in [2.24, 2.45) is 5.73 Å². The first kappa shape index (κ1) is 21.5. The van der Waals surface area contributed by atoms with Crippen LogP contribution in [0.5, 0.6) is 5.75 Å². The Hall–Kier alpha value is -1.83. The minimum atomic E-state index is -0.793. The number of amides is 1. The van der Waals surface area contributed by atoms with Gasteiger partial charge in [-0.05, 0) is 51.9 Å². The normalized spacial score (nSPS) is 16.7. The van der Waals surface area contributed by atoms with Crippen LogP contribution in [0.3, 0.4) is 0 Å². The number of hydrogen-bond donors (Lipinski definition) is 1. The maximum atomic E-state index is 12.3. The van der Waals surface area contributed by atoms with Gasteiger partial charge in [0.2, 0.25) is 0 Å². The molecule has 1 aliphatic rings. The minimum absolute atomic E-state index is 0.279. The molecule has 0 bridgehead atoms. The second-order valence-electron chi connectivity index (χ2n) is 7.77. The Kier molecular flexibility index (Phi) is 7.08. The van der Waals surface area contributed by atoms with E-state index in [1.54, 1.807) is 43.9 Å². The Bertz CT molecular complexity index is 682. The summed E-state index contributed by atoms with van der Waals surface area (Å²) in [5.74, 6) is -0.181. The topological polar surface area (TPSA) is 85.1 Å². The van der Waals surface area contributed by atoms with E-state index in [-0.39, 0.29) is 12.2 Å². The number of carbonyl (C=O) groups excluding carboxylic acids is 2. The highest BCUT2D eigenvalue weighted by molar-refractivity contribution is 6.32. The summed E-state index contributed by atoms with van der Waals surface area (Å²) in [5, 5.41) is 0.298. The fraction of sp³-hybridized carbons (Fsp3) is 0.579. The highest BCUT2D eigenvalue weighted by Gasteiger charge is 2.24. The van der Waals surface area contributed by atoms with Gasteiger partial charge in [-0.3, -0.25) is 4.79 Å². The molecule has 1 amide bonds. The lowest BCUT2D eigenvalue weighted by molar-refractivity contribution is -0.156. The van der Waals surface area contributed by atoms with Crippen LogP contribution < -0.4 is 10.5 Å². The maximum absolute atomic E-state index is 12.3. The Balaban J connectivity index is 1.94. The zero-order valence-electron chi connectivity index (χ0n) is 16.3. The van der Waals surface area contributed by atoms with Crippen molar-refractivity contribution in [1.82, 2.24) is 9.80 Å². The number of benzene rings is 1. The van der Waals surface area contributed by atoms with E-state index in [4.69, 9.17) is 26.8 Å². The molecule has 1 heterocycles. The summed E-state index contributed by atoms with van der Waals surface area (Å²) in [4.78, 5) is 28.1. The third-order valence-corrected chi connectivity index (χ3v) is 4.42. The molecule has 1 aromatic carbocycles. The van der Waals surface area contributed by atoms with Gasteiger partial charge in [0, 0.05) is 26.2 Å². The van der Waals surface area contributed by atoms with E-state index in [9.17, 15) is 9.59 Å². The lowest BCUT2D eigenvalue weighted by Gasteiger charge is -2.31. The average molecular weight is 398 g/mol. The van der Waals surface area contributed by atoms with Crippen molar-refractivity contribution in [3.63, 3.8) is 0 Å². The van der Waals surface area contributed by atoms with Gasteiger partial charge in [-0.1, -0.05) is 17.7 Å². The standard InChI is InChI=1S/C19H28ClN3O4/c1-19(2,3)27-17(24)15(21)12-13-5-6-16(14(20)11-13)26-18(25)23-9-7-22(4)8-10-23/h5-6,11,15H,7-10,12,21H2,1-4H3/t15-/m0/s1. The molecule has 1 saturated heterocycles. The summed E-state index contributed by atoms with van der Waals surface area (Å²) in [5.41, 5.74) is 6.09. The van der Waals surface area contributed by atoms with Crippen LogP contribution in [0.4, 0.5) is 4.79 Å². The largest absolute Gasteiger partial charge is 0.459 e. The van der Waals surface area contributed by atoms with Gasteiger partial charge >= 0.3 is 12.1 Å². The Morgan fingerprint density at radius 2 is 1.85 bits per heavy atom. The molecule has 0 radical (unpaired) electrons. The molecule has 2 rings (SSSR count). The average Bonchev–Trinajstić information content (AvgIpc) is 2.56. The van der Waals surface area contributed by atoms with Crippen LogP contribution >= 0.6 is 11.6 Å². The van der Waals surface area contributed by atoms with E-state index in [2.05, 4.69) is 4.90 Å². The van der Waals surface area contributed by atoms with Gasteiger partial charge in [0.15, 0.2) is 5.75 Å². The number of piperazine rings is 1. The SMILES string of the molecule is CN1CCN(C(=O)Oc2ccc(C[C@H](N)C(=O)OC(C)(C)C)cc2Cl)CC1. The summed E-state index contributed by atoms with van der Waals surface area (Å²) in [7, 11) is 2.01. The van der Waals surface area contributed by atoms with Gasteiger partial charge < -0.3 is 25.0 Å². The summed E-state index contributed by atoms with van der Waals surface area (Å²) in [6, 6.07) is 4.22. The van der Waals surface area contributed by atoms with Crippen LogP contribution in [0.15, 0.2) is 18.2 Å². The Labute approximate surface area is 165 Å². The predicted octanol–water partition coefficient (Wildman–Crippen LogP) is 2.30. The Morgan fingerprint density at radius 3 is 2.41 bits per heavy atom. The monoisotopic (exact) mass is 397 g/mol. The number of esters is 1. The second-order valence-corrected chi connectivity index (χ2v) is 8.17. The molecular formula is C19H28ClN3O4. The summed E-state index contributed by atoms with van der Waals surface area (Å²) < 4.78 is 10.7. The predicted molar refractivity (Wildman–Crippen MR) is 104 cm³/mol. The molecule has 1 aromatic rings. The van der Waals surface area contributed by atoms with E-state index in [0.717, 1.165) is 18.7 Å². The highest BCUT2D eigenvalue weighted by Crippen LogP contribution is 2.27. The molecule has 0 spiro atoms. The van der Waals surface area contributed by atoms with Crippen molar-refractivity contribution >= 4 is 23.7 Å². The zero-order valence-corrected chi connectivity index (χ0v) is 17.1. The second kappa shape index (κ2) is 8.91. The summed E-state index contributed by atoms with van der Waals surface area (Å²) >= 11 is 6.24. The Morgan fingerprint density at radius 1 is 1.22 bits per heavy atom. The quantitative estimate of drug-likeness (QED) is 0.784. The van der Waals surface area contributed by atoms with Crippen LogP contribution in [-0.2, 0) is 16.0 Å². The molecule has 0 aromatic heterocycles. The fourth-order valence-corrected chi connectivity index (χ4v) is 2.86. The molecule has 8 heteroatoms. The molecule has 1 atom stereocenters. The molecule has 1 aliphatic heterocycles. The van der Waals surface area contributed by atoms with E-state index in [0.29, 0.717) is 18.1 Å². The van der Waals surface area contributed by atoms with Crippen LogP contribution in [-0.4, -0.2) is 66.7 Å². The molecule has 150 valence electrons. The van der Waals surface area contributed by atoms with Crippen LogP contribution in [0.25, 0.3) is 0 Å². The molecule has 1 fully saturated rings. The third kappa shape index (κ3) is 6.68. The third-order valence-electron chi connectivity index (χ3n) is 4.12. The van der Waals surface area contributed by atoms with E-state index in [1.807, 2.05) is 7.05 Å². The van der Waals surface area contributed by atoms with Gasteiger partial charge in [0.05, 0.1) is 5.02 Å². The molecular weight excluding hydrogens is 370 g/mol. The number of ether oxygens (including phenoxy) is 2. The number of rotatable bonds is 4. The molecule has 0 saturated carbocycles. The van der Waals surface area contributed by atoms with Crippen LogP contribution in [0.1, 0.15) is 26.3 Å². The lowest BCUT2D eigenvalue weighted by atomic mass is 10.1. The van der Waals surface area contributed by atoms with Gasteiger partial charge in [0.25, 0.3) is 0 Å². The highest BCUT2D eigenvalue weighted by atomic mass is 35.5. The number of likely N-dealkylation sites (N-methyl/N-ethyl adjacent to an activating group) is 1. The number of hydrogen-bond acceptors (Lipinski definition) is 6. The first-order chi connectivity index (χ1) is 12.5. The first-order valence-corrected chi connectivity index (χ1v) is 9.35. The first-order valence-electron chi connectivity index (χ1n) is 8.97. The number of nitrogens with zero attached hydrogens (tertiary/aromatic N) is 2. The minimum Gasteiger partial charge on any atom is -0.459 e. The van der Waals surface area contributed by atoms with Crippen LogP contribution in [0, 0.1) is 0 Å². The van der Waals surface area contributed by atoms with Gasteiger partial charge in [-0.15, -0.1) is 0 Å². The van der Waals surface area contributed by atoms with Crippen molar-refractivity contribution < 1.29 is 19.1 Å². The van der Waals surface area contributed by atoms with E-state index >= 15 is 0 Å². The van der Waals surface area contributed by atoms with Crippen molar-refractivity contribution in [1.29, 1.82) is 0 Å². The van der Waals surface area contributed by atoms with Crippen molar-refractivity contribution in [2.75, 3.05) is 33.2 Å². The lowest BCUT2D eigenvalue weighted by Crippen LogP contribution is -2.48. The smallest absolute Gasteiger partial charge is 0.415 e. The molecule has 7 nitrogen and oxygen atoms in total. The summed E-state index contributed by atoms with van der Waals surface area (Å²) in [6.07, 6.45) is -0.135. The van der Waals surface area contributed by atoms with E-state index < -0.39 is 23.7 Å². The molecule has 2 N–H and O–H groups in total. The van der Waals surface area contributed by atoms with Gasteiger partial charge in [0.1, 0.15) is 11.6 Å². The maximum Gasteiger partial charge on any atom is 0.415 e. The van der Waals surface area contributed by atoms with Crippen LogP contribution in [0.2, 0.25) is 5.02 Å². The molecule has 0 unspecified atom stereocenters. The number of carbonyl (C=O) groups is 2. The fourth-order valence-electron chi connectivity index (χ4n) is 2.62. The van der Waals surface area contributed by atoms with Gasteiger partial charge in [-0.2, -0.15) is 0 Å². The van der Waals surface area contributed by atoms with E-state index in [1.165, 1.54) is 0 Å². The van der Waals surface area contributed by atoms with Gasteiger partial charge in [-0.25, -0.2) is 4.79 Å². The van der Waals surface area contributed by atoms with Crippen molar-refractivity contribution in [2.45, 2.75) is 38.8 Å². The number of nitrogens with two attached hydrogens (primary N) is 1.